The minimum Gasteiger partial charge on any atom is -0.340 e. The molecular weight excluding hydrogens is 369 g/mol. The fraction of sp³-hybridized carbons (Fsp3) is 0. The van der Waals surface area contributed by atoms with Gasteiger partial charge in [-0.3, -0.25) is 4.98 Å². The Bertz CT molecular complexity index is 1080. The van der Waals surface area contributed by atoms with Crippen molar-refractivity contribution >= 4 is 57.2 Å². The van der Waals surface area contributed by atoms with Crippen LogP contribution in [-0.4, -0.2) is 15.0 Å². The van der Waals surface area contributed by atoms with Gasteiger partial charge in [-0.15, -0.1) is 0 Å². The van der Waals surface area contributed by atoms with E-state index < -0.39 is 0 Å². The van der Waals surface area contributed by atoms with Crippen LogP contribution in [0.25, 0.3) is 10.9 Å². The highest BCUT2D eigenvalue weighted by Crippen LogP contribution is 2.27. The molecule has 2 aromatic carbocycles. The third-order valence-corrected chi connectivity index (χ3v) is 4.47. The molecule has 0 aliphatic heterocycles. The summed E-state index contributed by atoms with van der Waals surface area (Å²) in [6, 6.07) is 16.9. The molecule has 2 N–H and O–H groups in total. The fourth-order valence-corrected chi connectivity index (χ4v) is 2.83. The van der Waals surface area contributed by atoms with Crippen molar-refractivity contribution in [3.8, 4) is 0 Å². The van der Waals surface area contributed by atoms with E-state index >= 15 is 0 Å². The van der Waals surface area contributed by atoms with Gasteiger partial charge in [0.05, 0.1) is 21.2 Å². The highest BCUT2D eigenvalue weighted by Gasteiger charge is 2.06. The summed E-state index contributed by atoms with van der Waals surface area (Å²) in [6.07, 6.45) is 3.43. The van der Waals surface area contributed by atoms with Gasteiger partial charge >= 0.3 is 0 Å². The predicted molar refractivity (Wildman–Crippen MR) is 107 cm³/mol. The molecule has 2 aromatic heterocycles. The van der Waals surface area contributed by atoms with Gasteiger partial charge < -0.3 is 10.6 Å². The molecule has 0 fully saturated rings. The summed E-state index contributed by atoms with van der Waals surface area (Å²) < 4.78 is 0. The monoisotopic (exact) mass is 381 g/mol. The van der Waals surface area contributed by atoms with Crippen LogP contribution in [0.4, 0.5) is 23.1 Å². The fourth-order valence-electron chi connectivity index (χ4n) is 2.54. The first-order chi connectivity index (χ1) is 12.7. The van der Waals surface area contributed by atoms with E-state index in [4.69, 9.17) is 23.2 Å². The third kappa shape index (κ3) is 3.54. The van der Waals surface area contributed by atoms with E-state index in [-0.39, 0.29) is 0 Å². The second-order valence-electron chi connectivity index (χ2n) is 5.53. The first-order valence-electron chi connectivity index (χ1n) is 7.85. The van der Waals surface area contributed by atoms with Crippen molar-refractivity contribution < 1.29 is 0 Å². The average molecular weight is 382 g/mol. The SMILES string of the molecule is Clc1ccc(Nc2ccnc(Nc3cccc4cccnc34)n2)cc1Cl. The van der Waals surface area contributed by atoms with Gasteiger partial charge in [-0.05, 0) is 36.4 Å². The Morgan fingerprint density at radius 3 is 2.54 bits per heavy atom. The summed E-state index contributed by atoms with van der Waals surface area (Å²) in [4.78, 5) is 13.2. The van der Waals surface area contributed by atoms with Crippen molar-refractivity contribution in [2.75, 3.05) is 10.6 Å². The molecule has 5 nitrogen and oxygen atoms in total. The van der Waals surface area contributed by atoms with E-state index in [0.29, 0.717) is 21.8 Å². The van der Waals surface area contributed by atoms with Gasteiger partial charge in [0.25, 0.3) is 0 Å². The maximum atomic E-state index is 6.05. The second-order valence-corrected chi connectivity index (χ2v) is 6.34. The van der Waals surface area contributed by atoms with Gasteiger partial charge in [0, 0.05) is 23.5 Å². The van der Waals surface area contributed by atoms with Crippen LogP contribution < -0.4 is 10.6 Å². The lowest BCUT2D eigenvalue weighted by atomic mass is 10.2. The number of para-hydroxylation sites is 1. The highest BCUT2D eigenvalue weighted by atomic mass is 35.5. The summed E-state index contributed by atoms with van der Waals surface area (Å²) >= 11 is 12.0. The Hall–Kier alpha value is -2.89. The van der Waals surface area contributed by atoms with E-state index in [0.717, 1.165) is 22.3 Å². The third-order valence-electron chi connectivity index (χ3n) is 3.73. The zero-order chi connectivity index (χ0) is 17.9. The molecule has 128 valence electrons. The van der Waals surface area contributed by atoms with Crippen LogP contribution >= 0.6 is 23.2 Å². The molecule has 0 atom stereocenters. The molecule has 0 aliphatic carbocycles. The molecule has 0 bridgehead atoms. The Morgan fingerprint density at radius 1 is 0.769 bits per heavy atom. The van der Waals surface area contributed by atoms with E-state index in [2.05, 4.69) is 25.6 Å². The van der Waals surface area contributed by atoms with Crippen LogP contribution in [0.5, 0.6) is 0 Å². The summed E-state index contributed by atoms with van der Waals surface area (Å²) in [6.45, 7) is 0. The number of halogens is 2. The van der Waals surface area contributed by atoms with Crippen LogP contribution in [0.2, 0.25) is 10.0 Å². The van der Waals surface area contributed by atoms with Gasteiger partial charge in [-0.25, -0.2) is 4.98 Å². The van der Waals surface area contributed by atoms with E-state index in [1.54, 1.807) is 30.6 Å². The van der Waals surface area contributed by atoms with E-state index in [1.165, 1.54) is 0 Å². The molecule has 0 aliphatic rings. The zero-order valence-electron chi connectivity index (χ0n) is 13.4. The number of pyridine rings is 1. The van der Waals surface area contributed by atoms with Crippen molar-refractivity contribution in [1.29, 1.82) is 0 Å². The van der Waals surface area contributed by atoms with Gasteiger partial charge in [0.15, 0.2) is 0 Å². The quantitative estimate of drug-likeness (QED) is 0.466. The maximum absolute atomic E-state index is 6.05. The van der Waals surface area contributed by atoms with Crippen molar-refractivity contribution in [3.63, 3.8) is 0 Å². The van der Waals surface area contributed by atoms with E-state index in [9.17, 15) is 0 Å². The number of aromatic nitrogens is 3. The maximum Gasteiger partial charge on any atom is 0.229 e. The first-order valence-corrected chi connectivity index (χ1v) is 8.60. The topological polar surface area (TPSA) is 62.7 Å². The number of rotatable bonds is 4. The number of nitrogens with zero attached hydrogens (tertiary/aromatic N) is 3. The lowest BCUT2D eigenvalue weighted by Gasteiger charge is -2.10. The summed E-state index contributed by atoms with van der Waals surface area (Å²) in [5.41, 5.74) is 2.49. The number of anilines is 4. The minimum absolute atomic E-state index is 0.466. The molecule has 7 heteroatoms. The standard InChI is InChI=1S/C19H13Cl2N5/c20-14-7-6-13(11-15(14)21)24-17-8-10-23-19(26-17)25-16-5-1-3-12-4-2-9-22-18(12)16/h1-11H,(H2,23,24,25,26). The zero-order valence-corrected chi connectivity index (χ0v) is 15.0. The molecule has 4 aromatic rings. The molecule has 0 saturated carbocycles. The van der Waals surface area contributed by atoms with Crippen molar-refractivity contribution in [2.24, 2.45) is 0 Å². The van der Waals surface area contributed by atoms with Gasteiger partial charge in [-0.1, -0.05) is 41.4 Å². The van der Waals surface area contributed by atoms with Crippen LogP contribution in [0.15, 0.2) is 67.0 Å². The Morgan fingerprint density at radius 2 is 1.65 bits per heavy atom. The van der Waals surface area contributed by atoms with Gasteiger partial charge in [-0.2, -0.15) is 4.98 Å². The second kappa shape index (κ2) is 7.15. The number of nitrogens with one attached hydrogen (secondary N) is 2. The molecule has 0 spiro atoms. The molecular formula is C19H13Cl2N5. The summed E-state index contributed by atoms with van der Waals surface area (Å²) in [5.74, 6) is 1.10. The van der Waals surface area contributed by atoms with Crippen molar-refractivity contribution in [2.45, 2.75) is 0 Å². The Labute approximate surface area is 160 Å². The largest absolute Gasteiger partial charge is 0.340 e. The normalized spacial score (nSPS) is 10.7. The summed E-state index contributed by atoms with van der Waals surface area (Å²) in [5, 5.41) is 8.43. The molecule has 26 heavy (non-hydrogen) atoms. The number of fused-ring (bicyclic) bond motifs is 1. The number of benzene rings is 2. The van der Waals surface area contributed by atoms with Crippen molar-refractivity contribution in [1.82, 2.24) is 15.0 Å². The number of hydrogen-bond acceptors (Lipinski definition) is 5. The highest BCUT2D eigenvalue weighted by molar-refractivity contribution is 6.42. The minimum atomic E-state index is 0.466. The Kier molecular flexibility index (Phi) is 4.56. The van der Waals surface area contributed by atoms with E-state index in [1.807, 2.05) is 36.4 Å². The molecule has 2 heterocycles. The van der Waals surface area contributed by atoms with Crippen LogP contribution in [-0.2, 0) is 0 Å². The molecule has 0 amide bonds. The molecule has 0 unspecified atom stereocenters. The molecule has 4 rings (SSSR count). The molecule has 0 saturated heterocycles. The van der Waals surface area contributed by atoms with Gasteiger partial charge in [0.2, 0.25) is 5.95 Å². The number of hydrogen-bond donors (Lipinski definition) is 2. The van der Waals surface area contributed by atoms with Crippen LogP contribution in [0, 0.1) is 0 Å². The van der Waals surface area contributed by atoms with Crippen molar-refractivity contribution in [3.05, 3.63) is 77.0 Å². The lowest BCUT2D eigenvalue weighted by Crippen LogP contribution is -2.01. The summed E-state index contributed by atoms with van der Waals surface area (Å²) in [7, 11) is 0. The van der Waals surface area contributed by atoms with Gasteiger partial charge in [0.1, 0.15) is 5.82 Å². The lowest BCUT2D eigenvalue weighted by molar-refractivity contribution is 1.17. The Balaban J connectivity index is 1.60. The van der Waals surface area contributed by atoms with Crippen LogP contribution in [0.1, 0.15) is 0 Å². The average Bonchev–Trinajstić information content (AvgIpc) is 2.65. The smallest absolute Gasteiger partial charge is 0.229 e. The van der Waals surface area contributed by atoms with Crippen LogP contribution in [0.3, 0.4) is 0 Å². The predicted octanol–water partition coefficient (Wildman–Crippen LogP) is 5.82. The molecule has 0 radical (unpaired) electrons. The first kappa shape index (κ1) is 16.6.